The van der Waals surface area contributed by atoms with Gasteiger partial charge in [0.2, 0.25) is 5.89 Å². The lowest BCUT2D eigenvalue weighted by atomic mass is 10.3. The number of hydrogen-bond acceptors (Lipinski definition) is 3. The SMILES string of the molecule is CCC(C)NC(=NC)NCc1nc(C)c(C)o1. The fourth-order valence-electron chi connectivity index (χ4n) is 1.30. The zero-order valence-corrected chi connectivity index (χ0v) is 11.3. The molecule has 0 aliphatic carbocycles. The smallest absolute Gasteiger partial charge is 0.214 e. The second kappa shape index (κ2) is 6.27. The number of rotatable bonds is 4. The summed E-state index contributed by atoms with van der Waals surface area (Å²) in [4.78, 5) is 8.45. The minimum atomic E-state index is 0.397. The molecule has 0 aliphatic heterocycles. The molecule has 2 N–H and O–H groups in total. The summed E-state index contributed by atoms with van der Waals surface area (Å²) in [6.45, 7) is 8.65. The Morgan fingerprint density at radius 2 is 2.18 bits per heavy atom. The fraction of sp³-hybridized carbons (Fsp3) is 0.667. The van der Waals surface area contributed by atoms with Crippen LogP contribution < -0.4 is 10.6 Å². The summed E-state index contributed by atoms with van der Waals surface area (Å²) in [5.41, 5.74) is 0.937. The maximum absolute atomic E-state index is 5.48. The molecule has 0 fully saturated rings. The average molecular weight is 238 g/mol. The van der Waals surface area contributed by atoms with Crippen LogP contribution in [0.3, 0.4) is 0 Å². The molecule has 1 aromatic rings. The Hall–Kier alpha value is -1.52. The highest BCUT2D eigenvalue weighted by Gasteiger charge is 2.07. The lowest BCUT2D eigenvalue weighted by Gasteiger charge is -2.15. The molecule has 0 amide bonds. The maximum atomic E-state index is 5.48. The Morgan fingerprint density at radius 1 is 1.47 bits per heavy atom. The van der Waals surface area contributed by atoms with Crippen molar-refractivity contribution in [2.45, 2.75) is 46.7 Å². The molecule has 17 heavy (non-hydrogen) atoms. The third-order valence-electron chi connectivity index (χ3n) is 2.70. The van der Waals surface area contributed by atoms with Gasteiger partial charge in [0, 0.05) is 13.1 Å². The van der Waals surface area contributed by atoms with E-state index in [1.165, 1.54) is 0 Å². The van der Waals surface area contributed by atoms with Crippen LogP contribution in [0.25, 0.3) is 0 Å². The molecule has 0 aromatic carbocycles. The van der Waals surface area contributed by atoms with E-state index in [2.05, 4.69) is 34.5 Å². The number of nitrogens with zero attached hydrogens (tertiary/aromatic N) is 2. The molecular weight excluding hydrogens is 216 g/mol. The van der Waals surface area contributed by atoms with E-state index in [1.807, 2.05) is 13.8 Å². The molecule has 0 spiro atoms. The molecule has 1 aromatic heterocycles. The first-order chi connectivity index (χ1) is 8.06. The lowest BCUT2D eigenvalue weighted by molar-refractivity contribution is 0.462. The van der Waals surface area contributed by atoms with Crippen molar-refractivity contribution in [2.75, 3.05) is 7.05 Å². The Labute approximate surface area is 103 Å². The molecule has 1 heterocycles. The van der Waals surface area contributed by atoms with Crippen LogP contribution in [-0.4, -0.2) is 24.0 Å². The number of guanidine groups is 1. The second-order valence-electron chi connectivity index (χ2n) is 4.13. The predicted molar refractivity (Wildman–Crippen MR) is 69.1 cm³/mol. The summed E-state index contributed by atoms with van der Waals surface area (Å²) in [6.07, 6.45) is 1.05. The van der Waals surface area contributed by atoms with Gasteiger partial charge in [-0.2, -0.15) is 0 Å². The highest BCUT2D eigenvalue weighted by Crippen LogP contribution is 2.07. The Kier molecular flexibility index (Phi) is 5.00. The zero-order valence-electron chi connectivity index (χ0n) is 11.3. The molecule has 1 atom stereocenters. The number of aryl methyl sites for hydroxylation is 2. The van der Waals surface area contributed by atoms with E-state index in [0.717, 1.165) is 23.8 Å². The average Bonchev–Trinajstić information content (AvgIpc) is 2.63. The zero-order chi connectivity index (χ0) is 12.8. The standard InChI is InChI=1S/C12H22N4O/c1-6-8(2)15-12(13-5)14-7-11-16-9(3)10(4)17-11/h8H,6-7H2,1-5H3,(H2,13,14,15). The molecule has 1 rings (SSSR count). The molecule has 0 saturated carbocycles. The number of hydrogen-bond donors (Lipinski definition) is 2. The van der Waals surface area contributed by atoms with Crippen molar-refractivity contribution in [2.24, 2.45) is 4.99 Å². The first kappa shape index (κ1) is 13.5. The first-order valence-corrected chi connectivity index (χ1v) is 5.96. The van der Waals surface area contributed by atoms with Crippen LogP contribution in [-0.2, 0) is 6.54 Å². The van der Waals surface area contributed by atoms with Gasteiger partial charge in [0.05, 0.1) is 12.2 Å². The highest BCUT2D eigenvalue weighted by atomic mass is 16.4. The number of aliphatic imine (C=N–C) groups is 1. The number of nitrogens with one attached hydrogen (secondary N) is 2. The van der Waals surface area contributed by atoms with Crippen LogP contribution >= 0.6 is 0 Å². The van der Waals surface area contributed by atoms with Crippen LogP contribution in [0.2, 0.25) is 0 Å². The molecule has 0 radical (unpaired) electrons. The molecule has 5 nitrogen and oxygen atoms in total. The summed E-state index contributed by atoms with van der Waals surface area (Å²) in [7, 11) is 1.75. The summed E-state index contributed by atoms with van der Waals surface area (Å²) >= 11 is 0. The summed E-state index contributed by atoms with van der Waals surface area (Å²) in [5.74, 6) is 2.33. The van der Waals surface area contributed by atoms with Crippen molar-refractivity contribution < 1.29 is 4.42 Å². The van der Waals surface area contributed by atoms with Crippen molar-refractivity contribution in [3.05, 3.63) is 17.3 Å². The van der Waals surface area contributed by atoms with E-state index in [0.29, 0.717) is 18.5 Å². The summed E-state index contributed by atoms with van der Waals surface area (Å²) in [6, 6.07) is 0.397. The monoisotopic (exact) mass is 238 g/mol. The third-order valence-corrected chi connectivity index (χ3v) is 2.70. The third kappa shape index (κ3) is 4.09. The van der Waals surface area contributed by atoms with Crippen molar-refractivity contribution in [3.8, 4) is 0 Å². The Morgan fingerprint density at radius 3 is 2.65 bits per heavy atom. The molecular formula is C12H22N4O. The van der Waals surface area contributed by atoms with Crippen LogP contribution in [0.1, 0.15) is 37.6 Å². The van der Waals surface area contributed by atoms with E-state index in [4.69, 9.17) is 4.42 Å². The van der Waals surface area contributed by atoms with Gasteiger partial charge >= 0.3 is 0 Å². The topological polar surface area (TPSA) is 62.5 Å². The van der Waals surface area contributed by atoms with Crippen molar-refractivity contribution in [1.29, 1.82) is 0 Å². The van der Waals surface area contributed by atoms with Crippen molar-refractivity contribution in [1.82, 2.24) is 15.6 Å². The minimum Gasteiger partial charge on any atom is -0.444 e. The van der Waals surface area contributed by atoms with E-state index in [9.17, 15) is 0 Å². The van der Waals surface area contributed by atoms with Gasteiger partial charge in [-0.15, -0.1) is 0 Å². The second-order valence-corrected chi connectivity index (χ2v) is 4.13. The van der Waals surface area contributed by atoms with Gasteiger partial charge in [-0.3, -0.25) is 4.99 Å². The molecule has 0 bridgehead atoms. The van der Waals surface area contributed by atoms with Crippen LogP contribution in [0.5, 0.6) is 0 Å². The quantitative estimate of drug-likeness (QED) is 0.619. The normalized spacial score (nSPS) is 13.6. The summed E-state index contributed by atoms with van der Waals surface area (Å²) < 4.78 is 5.48. The Bertz CT molecular complexity index is 364. The van der Waals surface area contributed by atoms with E-state index < -0.39 is 0 Å². The van der Waals surface area contributed by atoms with Gasteiger partial charge in [0.15, 0.2) is 5.96 Å². The van der Waals surface area contributed by atoms with Crippen LogP contribution in [0, 0.1) is 13.8 Å². The van der Waals surface area contributed by atoms with Crippen molar-refractivity contribution in [3.63, 3.8) is 0 Å². The van der Waals surface area contributed by atoms with Gasteiger partial charge in [0.25, 0.3) is 0 Å². The van der Waals surface area contributed by atoms with Gasteiger partial charge in [-0.25, -0.2) is 4.98 Å². The van der Waals surface area contributed by atoms with Gasteiger partial charge < -0.3 is 15.1 Å². The van der Waals surface area contributed by atoms with Gasteiger partial charge in [0.1, 0.15) is 5.76 Å². The van der Waals surface area contributed by atoms with E-state index >= 15 is 0 Å². The maximum Gasteiger partial charge on any atom is 0.214 e. The van der Waals surface area contributed by atoms with Crippen molar-refractivity contribution >= 4 is 5.96 Å². The minimum absolute atomic E-state index is 0.397. The highest BCUT2D eigenvalue weighted by molar-refractivity contribution is 5.79. The van der Waals surface area contributed by atoms with Gasteiger partial charge in [-0.1, -0.05) is 6.92 Å². The fourth-order valence-corrected chi connectivity index (χ4v) is 1.30. The largest absolute Gasteiger partial charge is 0.444 e. The number of aromatic nitrogens is 1. The molecule has 0 aliphatic rings. The Balaban J connectivity index is 2.48. The van der Waals surface area contributed by atoms with Crippen LogP contribution in [0.4, 0.5) is 0 Å². The van der Waals surface area contributed by atoms with E-state index in [-0.39, 0.29) is 0 Å². The lowest BCUT2D eigenvalue weighted by Crippen LogP contribution is -2.41. The number of oxazole rings is 1. The summed E-state index contributed by atoms with van der Waals surface area (Å²) in [5, 5.41) is 6.45. The molecule has 1 unspecified atom stereocenters. The van der Waals surface area contributed by atoms with Crippen LogP contribution in [0.15, 0.2) is 9.41 Å². The van der Waals surface area contributed by atoms with Gasteiger partial charge in [-0.05, 0) is 27.2 Å². The molecule has 5 heteroatoms. The predicted octanol–water partition coefficient (Wildman–Crippen LogP) is 1.75. The van der Waals surface area contributed by atoms with E-state index in [1.54, 1.807) is 7.05 Å². The molecule has 96 valence electrons. The molecule has 0 saturated heterocycles. The first-order valence-electron chi connectivity index (χ1n) is 5.96.